The van der Waals surface area contributed by atoms with Crippen LogP contribution in [0, 0.1) is 0 Å². The summed E-state index contributed by atoms with van der Waals surface area (Å²) in [5.41, 5.74) is 0. The summed E-state index contributed by atoms with van der Waals surface area (Å²) < 4.78 is 26.6. The van der Waals surface area contributed by atoms with E-state index in [0.29, 0.717) is 9.36 Å². The maximum Gasteiger partial charge on any atom is 0.243 e. The van der Waals surface area contributed by atoms with E-state index >= 15 is 0 Å². The molecule has 1 aromatic heterocycles. The van der Waals surface area contributed by atoms with E-state index in [9.17, 15) is 8.42 Å². The first kappa shape index (κ1) is 14.8. The number of hydrogen-bond acceptors (Lipinski definition) is 3. The standard InChI is InChI=1S/C12H11Cl2NO2S2/c1-15(8-10-5-6-12(14)18-10)19(16,17)11-4-2-3-9(13)7-11/h2-7H,8H2,1H3. The van der Waals surface area contributed by atoms with Crippen molar-refractivity contribution in [3.05, 3.63) is 50.6 Å². The molecule has 1 aromatic carbocycles. The van der Waals surface area contributed by atoms with E-state index in [2.05, 4.69) is 0 Å². The Bertz CT molecular complexity index is 683. The van der Waals surface area contributed by atoms with Crippen LogP contribution in [0.15, 0.2) is 41.3 Å². The van der Waals surface area contributed by atoms with Crippen molar-refractivity contribution in [2.75, 3.05) is 7.05 Å². The second-order valence-electron chi connectivity index (χ2n) is 3.92. The lowest BCUT2D eigenvalue weighted by Gasteiger charge is -2.16. The Morgan fingerprint density at radius 3 is 2.53 bits per heavy atom. The van der Waals surface area contributed by atoms with Gasteiger partial charge in [-0.15, -0.1) is 11.3 Å². The van der Waals surface area contributed by atoms with Gasteiger partial charge in [0.15, 0.2) is 0 Å². The molecule has 0 aliphatic rings. The zero-order chi connectivity index (χ0) is 14.0. The van der Waals surface area contributed by atoms with Crippen molar-refractivity contribution < 1.29 is 8.42 Å². The molecular formula is C12H11Cl2NO2S2. The number of sulfonamides is 1. The van der Waals surface area contributed by atoms with Gasteiger partial charge >= 0.3 is 0 Å². The van der Waals surface area contributed by atoms with Gasteiger partial charge in [0.05, 0.1) is 9.23 Å². The number of benzene rings is 1. The molecule has 0 amide bonds. The van der Waals surface area contributed by atoms with Gasteiger partial charge in [0.25, 0.3) is 0 Å². The summed E-state index contributed by atoms with van der Waals surface area (Å²) in [6.45, 7) is 0.284. The second-order valence-corrected chi connectivity index (χ2v) is 8.21. The first-order valence-electron chi connectivity index (χ1n) is 5.36. The van der Waals surface area contributed by atoms with Crippen molar-refractivity contribution in [2.45, 2.75) is 11.4 Å². The maximum atomic E-state index is 12.3. The lowest BCUT2D eigenvalue weighted by Crippen LogP contribution is -2.26. The maximum absolute atomic E-state index is 12.3. The predicted molar refractivity (Wildman–Crippen MR) is 79.4 cm³/mol. The van der Waals surface area contributed by atoms with Gasteiger partial charge in [-0.2, -0.15) is 4.31 Å². The van der Waals surface area contributed by atoms with Crippen molar-refractivity contribution in [2.24, 2.45) is 0 Å². The Morgan fingerprint density at radius 2 is 1.95 bits per heavy atom. The highest BCUT2D eigenvalue weighted by molar-refractivity contribution is 7.89. The van der Waals surface area contributed by atoms with Crippen LogP contribution >= 0.6 is 34.5 Å². The highest BCUT2D eigenvalue weighted by Crippen LogP contribution is 2.25. The van der Waals surface area contributed by atoms with E-state index in [0.717, 1.165) is 4.88 Å². The minimum absolute atomic E-state index is 0.185. The molecule has 0 spiro atoms. The quantitative estimate of drug-likeness (QED) is 0.850. The van der Waals surface area contributed by atoms with E-state index in [-0.39, 0.29) is 11.4 Å². The number of halogens is 2. The summed E-state index contributed by atoms with van der Waals surface area (Å²) in [5.74, 6) is 0. The normalized spacial score (nSPS) is 12.0. The second kappa shape index (κ2) is 5.81. The van der Waals surface area contributed by atoms with Gasteiger partial charge in [-0.3, -0.25) is 0 Å². The van der Waals surface area contributed by atoms with Gasteiger partial charge < -0.3 is 0 Å². The summed E-state index contributed by atoms with van der Waals surface area (Å²) in [6, 6.07) is 9.79. The van der Waals surface area contributed by atoms with E-state index in [1.165, 1.54) is 34.8 Å². The lowest BCUT2D eigenvalue weighted by molar-refractivity contribution is 0.469. The molecule has 0 unspecified atom stereocenters. The summed E-state index contributed by atoms with van der Waals surface area (Å²) in [6.07, 6.45) is 0. The van der Waals surface area contributed by atoms with Crippen LogP contribution in [0.5, 0.6) is 0 Å². The van der Waals surface area contributed by atoms with Crippen LogP contribution in [0.1, 0.15) is 4.88 Å². The third-order valence-electron chi connectivity index (χ3n) is 2.51. The largest absolute Gasteiger partial charge is 0.243 e. The van der Waals surface area contributed by atoms with E-state index < -0.39 is 10.0 Å². The molecule has 3 nitrogen and oxygen atoms in total. The Labute approximate surface area is 126 Å². The first-order valence-corrected chi connectivity index (χ1v) is 8.37. The number of rotatable bonds is 4. The van der Waals surface area contributed by atoms with Gasteiger partial charge in [-0.25, -0.2) is 8.42 Å². The van der Waals surface area contributed by atoms with E-state index in [1.54, 1.807) is 18.2 Å². The Balaban J connectivity index is 2.24. The van der Waals surface area contributed by atoms with Crippen molar-refractivity contribution in [1.82, 2.24) is 4.31 Å². The Kier molecular flexibility index (Phi) is 4.53. The molecule has 0 radical (unpaired) electrons. The topological polar surface area (TPSA) is 37.4 Å². The smallest absolute Gasteiger partial charge is 0.207 e. The van der Waals surface area contributed by atoms with Gasteiger partial charge in [0.1, 0.15) is 0 Å². The fourth-order valence-corrected chi connectivity index (χ4v) is 4.22. The van der Waals surface area contributed by atoms with Gasteiger partial charge in [0.2, 0.25) is 10.0 Å². The Morgan fingerprint density at radius 1 is 1.21 bits per heavy atom. The summed E-state index contributed by atoms with van der Waals surface area (Å²) in [5, 5.41) is 0.397. The van der Waals surface area contributed by atoms with Gasteiger partial charge in [-0.05, 0) is 30.3 Å². The molecule has 0 saturated heterocycles. The molecule has 102 valence electrons. The van der Waals surface area contributed by atoms with Crippen LogP contribution in [0.3, 0.4) is 0 Å². The number of nitrogens with zero attached hydrogens (tertiary/aromatic N) is 1. The van der Waals surface area contributed by atoms with Crippen LogP contribution < -0.4 is 0 Å². The average molecular weight is 336 g/mol. The number of thiophene rings is 1. The predicted octanol–water partition coefficient (Wildman–Crippen LogP) is 3.88. The first-order chi connectivity index (χ1) is 8.89. The summed E-state index contributed by atoms with van der Waals surface area (Å²) in [4.78, 5) is 1.07. The average Bonchev–Trinajstić information content (AvgIpc) is 2.74. The highest BCUT2D eigenvalue weighted by atomic mass is 35.5. The molecule has 2 rings (SSSR count). The Hall–Kier alpha value is -0.590. The molecule has 0 saturated carbocycles. The molecule has 0 atom stereocenters. The fraction of sp³-hybridized carbons (Fsp3) is 0.167. The molecule has 1 heterocycles. The molecule has 19 heavy (non-hydrogen) atoms. The SMILES string of the molecule is CN(Cc1ccc(Cl)s1)S(=O)(=O)c1cccc(Cl)c1. The minimum Gasteiger partial charge on any atom is -0.207 e. The van der Waals surface area contributed by atoms with Crippen molar-refractivity contribution in [3.8, 4) is 0 Å². The van der Waals surface area contributed by atoms with Crippen molar-refractivity contribution in [1.29, 1.82) is 0 Å². The molecule has 0 fully saturated rings. The molecule has 0 aliphatic carbocycles. The van der Waals surface area contributed by atoms with E-state index in [4.69, 9.17) is 23.2 Å². The van der Waals surface area contributed by atoms with E-state index in [1.807, 2.05) is 6.07 Å². The van der Waals surface area contributed by atoms with Crippen LogP contribution in [-0.2, 0) is 16.6 Å². The molecular weight excluding hydrogens is 325 g/mol. The van der Waals surface area contributed by atoms with Crippen molar-refractivity contribution >= 4 is 44.6 Å². The van der Waals surface area contributed by atoms with Crippen LogP contribution in [0.4, 0.5) is 0 Å². The third kappa shape index (κ3) is 3.49. The number of hydrogen-bond donors (Lipinski definition) is 0. The zero-order valence-electron chi connectivity index (χ0n) is 10.0. The van der Waals surface area contributed by atoms with Crippen LogP contribution in [0.2, 0.25) is 9.36 Å². The molecule has 0 N–H and O–H groups in total. The lowest BCUT2D eigenvalue weighted by atomic mass is 10.4. The summed E-state index contributed by atoms with van der Waals surface area (Å²) >= 11 is 13.0. The molecule has 0 bridgehead atoms. The summed E-state index contributed by atoms with van der Waals surface area (Å²) in [7, 11) is -2.01. The monoisotopic (exact) mass is 335 g/mol. The van der Waals surface area contributed by atoms with Crippen LogP contribution in [0.25, 0.3) is 0 Å². The van der Waals surface area contributed by atoms with Crippen molar-refractivity contribution in [3.63, 3.8) is 0 Å². The zero-order valence-corrected chi connectivity index (χ0v) is 13.2. The highest BCUT2D eigenvalue weighted by Gasteiger charge is 2.21. The molecule has 7 heteroatoms. The molecule has 0 aliphatic heterocycles. The fourth-order valence-electron chi connectivity index (χ4n) is 1.55. The minimum atomic E-state index is -3.54. The molecule has 2 aromatic rings. The van der Waals surface area contributed by atoms with Crippen LogP contribution in [-0.4, -0.2) is 19.8 Å². The van der Waals surface area contributed by atoms with Gasteiger partial charge in [0, 0.05) is 23.5 Å². The third-order valence-corrected chi connectivity index (χ3v) is 5.76. The van der Waals surface area contributed by atoms with Gasteiger partial charge in [-0.1, -0.05) is 29.3 Å².